The monoisotopic (exact) mass is 242 g/mol. The van der Waals surface area contributed by atoms with Crippen LogP contribution in [0, 0.1) is 0 Å². The highest BCUT2D eigenvalue weighted by atomic mass is 32.2. The first kappa shape index (κ1) is 11.4. The topological polar surface area (TPSA) is 38.9 Å². The molecule has 2 nitrogen and oxygen atoms in total. The van der Waals surface area contributed by atoms with E-state index in [1.54, 1.807) is 0 Å². The predicted octanol–water partition coefficient (Wildman–Crippen LogP) is 2.82. The first-order chi connectivity index (χ1) is 7.31. The van der Waals surface area contributed by atoms with Crippen molar-refractivity contribution in [1.82, 2.24) is 4.98 Å². The van der Waals surface area contributed by atoms with Gasteiger partial charge in [0.25, 0.3) is 0 Å². The fourth-order valence-corrected chi connectivity index (χ4v) is 4.14. The molecule has 2 N–H and O–H groups in total. The van der Waals surface area contributed by atoms with Crippen LogP contribution in [-0.2, 0) is 0 Å². The molecule has 1 aliphatic heterocycles. The van der Waals surface area contributed by atoms with E-state index in [0.717, 1.165) is 6.54 Å². The van der Waals surface area contributed by atoms with Gasteiger partial charge in [-0.15, -0.1) is 11.3 Å². The Morgan fingerprint density at radius 2 is 2.53 bits per heavy atom. The number of hydrogen-bond acceptors (Lipinski definition) is 4. The Hall–Kier alpha value is -0.0600. The normalized spacial score (nSPS) is 24.0. The molecular formula is C11H18N2S2. The van der Waals surface area contributed by atoms with E-state index in [9.17, 15) is 0 Å². The molecule has 0 amide bonds. The molecule has 84 valence electrons. The van der Waals surface area contributed by atoms with E-state index in [0.29, 0.717) is 11.8 Å². The summed E-state index contributed by atoms with van der Waals surface area (Å²) in [7, 11) is 0. The second-order valence-electron chi connectivity index (χ2n) is 4.15. The van der Waals surface area contributed by atoms with E-state index >= 15 is 0 Å². The average molecular weight is 242 g/mol. The zero-order chi connectivity index (χ0) is 10.7. The molecule has 0 radical (unpaired) electrons. The fourth-order valence-electron chi connectivity index (χ4n) is 1.77. The number of aromatic nitrogens is 1. The zero-order valence-electron chi connectivity index (χ0n) is 9.11. The van der Waals surface area contributed by atoms with Gasteiger partial charge in [0.15, 0.2) is 0 Å². The minimum Gasteiger partial charge on any atom is -0.330 e. The van der Waals surface area contributed by atoms with Gasteiger partial charge in [0.1, 0.15) is 0 Å². The van der Waals surface area contributed by atoms with Crippen LogP contribution in [0.3, 0.4) is 0 Å². The van der Waals surface area contributed by atoms with E-state index in [4.69, 9.17) is 5.73 Å². The maximum absolute atomic E-state index is 5.67. The van der Waals surface area contributed by atoms with Crippen molar-refractivity contribution in [2.24, 2.45) is 5.73 Å². The van der Waals surface area contributed by atoms with Gasteiger partial charge >= 0.3 is 0 Å². The van der Waals surface area contributed by atoms with Gasteiger partial charge in [-0.2, -0.15) is 11.8 Å². The van der Waals surface area contributed by atoms with Crippen molar-refractivity contribution in [3.8, 4) is 0 Å². The number of thiazole rings is 1. The maximum atomic E-state index is 5.67. The molecule has 0 aromatic carbocycles. The van der Waals surface area contributed by atoms with E-state index in [2.05, 4.69) is 23.7 Å². The third kappa shape index (κ3) is 2.74. The number of rotatable bonds is 3. The Kier molecular flexibility index (Phi) is 4.05. The largest absolute Gasteiger partial charge is 0.330 e. The molecule has 1 aromatic rings. The summed E-state index contributed by atoms with van der Waals surface area (Å²) >= 11 is 3.93. The van der Waals surface area contributed by atoms with E-state index in [1.165, 1.54) is 34.2 Å². The molecule has 0 bridgehead atoms. The lowest BCUT2D eigenvalue weighted by Crippen LogP contribution is -2.08. The highest BCUT2D eigenvalue weighted by Gasteiger charge is 2.19. The standard InChI is InChI=1S/C11H18N2S2/c1-8(5-12)10-6-13-11(15-10)9-3-2-4-14-7-9/h6,8-9H,2-5,7,12H2,1H3. The summed E-state index contributed by atoms with van der Waals surface area (Å²) in [6, 6.07) is 0. The summed E-state index contributed by atoms with van der Waals surface area (Å²) in [6.45, 7) is 2.90. The SMILES string of the molecule is CC(CN)c1cnc(C2CCCSC2)s1. The molecule has 0 saturated carbocycles. The number of nitrogens with zero attached hydrogens (tertiary/aromatic N) is 1. The average Bonchev–Trinajstić information content (AvgIpc) is 2.78. The van der Waals surface area contributed by atoms with Gasteiger partial charge in [-0.05, 0) is 25.1 Å². The molecular weight excluding hydrogens is 224 g/mol. The van der Waals surface area contributed by atoms with Crippen LogP contribution in [-0.4, -0.2) is 23.0 Å². The van der Waals surface area contributed by atoms with Crippen molar-refractivity contribution in [2.45, 2.75) is 31.6 Å². The van der Waals surface area contributed by atoms with Gasteiger partial charge < -0.3 is 5.73 Å². The minimum atomic E-state index is 0.465. The van der Waals surface area contributed by atoms with Crippen LogP contribution in [0.25, 0.3) is 0 Å². The summed E-state index contributed by atoms with van der Waals surface area (Å²) in [5.41, 5.74) is 5.67. The molecule has 1 aromatic heterocycles. The Morgan fingerprint density at radius 3 is 3.20 bits per heavy atom. The molecule has 0 aliphatic carbocycles. The van der Waals surface area contributed by atoms with Gasteiger partial charge in [-0.3, -0.25) is 0 Å². The lowest BCUT2D eigenvalue weighted by atomic mass is 10.1. The van der Waals surface area contributed by atoms with Crippen LogP contribution in [0.5, 0.6) is 0 Å². The van der Waals surface area contributed by atoms with Crippen molar-refractivity contribution in [2.75, 3.05) is 18.1 Å². The second-order valence-corrected chi connectivity index (χ2v) is 6.40. The van der Waals surface area contributed by atoms with Crippen LogP contribution >= 0.6 is 23.1 Å². The number of thioether (sulfide) groups is 1. The predicted molar refractivity (Wildman–Crippen MR) is 68.9 cm³/mol. The van der Waals surface area contributed by atoms with Crippen LogP contribution in [0.2, 0.25) is 0 Å². The van der Waals surface area contributed by atoms with Crippen LogP contribution in [0.15, 0.2) is 6.20 Å². The van der Waals surface area contributed by atoms with Gasteiger partial charge in [-0.25, -0.2) is 4.98 Å². The van der Waals surface area contributed by atoms with Crippen molar-refractivity contribution in [3.63, 3.8) is 0 Å². The Labute approximate surface area is 99.7 Å². The molecule has 1 saturated heterocycles. The Bertz CT molecular complexity index is 305. The Morgan fingerprint density at radius 1 is 1.67 bits per heavy atom. The van der Waals surface area contributed by atoms with E-state index in [1.807, 2.05) is 17.5 Å². The molecule has 1 fully saturated rings. The summed E-state index contributed by atoms with van der Waals surface area (Å²) < 4.78 is 0. The first-order valence-corrected chi connectivity index (χ1v) is 7.51. The van der Waals surface area contributed by atoms with Gasteiger partial charge in [0.2, 0.25) is 0 Å². The zero-order valence-corrected chi connectivity index (χ0v) is 10.7. The van der Waals surface area contributed by atoms with Crippen molar-refractivity contribution < 1.29 is 0 Å². The fraction of sp³-hybridized carbons (Fsp3) is 0.727. The Balaban J connectivity index is 2.05. The van der Waals surface area contributed by atoms with Crippen LogP contribution < -0.4 is 5.73 Å². The summed E-state index contributed by atoms with van der Waals surface area (Å²) in [5.74, 6) is 3.75. The van der Waals surface area contributed by atoms with Crippen molar-refractivity contribution in [1.29, 1.82) is 0 Å². The minimum absolute atomic E-state index is 0.465. The van der Waals surface area contributed by atoms with E-state index < -0.39 is 0 Å². The van der Waals surface area contributed by atoms with Crippen molar-refractivity contribution in [3.05, 3.63) is 16.1 Å². The molecule has 4 heteroatoms. The number of hydrogen-bond donors (Lipinski definition) is 1. The van der Waals surface area contributed by atoms with Crippen molar-refractivity contribution >= 4 is 23.1 Å². The third-order valence-electron chi connectivity index (χ3n) is 2.89. The molecule has 2 rings (SSSR count). The number of nitrogens with two attached hydrogens (primary N) is 1. The maximum Gasteiger partial charge on any atom is 0.0966 e. The summed E-state index contributed by atoms with van der Waals surface area (Å²) in [5, 5.41) is 1.33. The smallest absolute Gasteiger partial charge is 0.0966 e. The lowest BCUT2D eigenvalue weighted by Gasteiger charge is -2.18. The van der Waals surface area contributed by atoms with Crippen LogP contribution in [0.4, 0.5) is 0 Å². The summed E-state index contributed by atoms with van der Waals surface area (Å²) in [6.07, 6.45) is 4.68. The summed E-state index contributed by atoms with van der Waals surface area (Å²) in [4.78, 5) is 5.91. The lowest BCUT2D eigenvalue weighted by molar-refractivity contribution is 0.656. The molecule has 1 aliphatic rings. The third-order valence-corrected chi connectivity index (χ3v) is 5.50. The van der Waals surface area contributed by atoms with Gasteiger partial charge in [0.05, 0.1) is 5.01 Å². The first-order valence-electron chi connectivity index (χ1n) is 5.54. The van der Waals surface area contributed by atoms with E-state index in [-0.39, 0.29) is 0 Å². The molecule has 2 heterocycles. The second kappa shape index (κ2) is 5.32. The van der Waals surface area contributed by atoms with Gasteiger partial charge in [-0.1, -0.05) is 6.92 Å². The molecule has 2 unspecified atom stereocenters. The highest BCUT2D eigenvalue weighted by molar-refractivity contribution is 7.99. The molecule has 0 spiro atoms. The molecule has 2 atom stereocenters. The highest BCUT2D eigenvalue weighted by Crippen LogP contribution is 2.34. The molecule has 15 heavy (non-hydrogen) atoms. The quantitative estimate of drug-likeness (QED) is 0.886. The van der Waals surface area contributed by atoms with Gasteiger partial charge in [0, 0.05) is 28.7 Å². The van der Waals surface area contributed by atoms with Crippen LogP contribution in [0.1, 0.15) is 41.5 Å².